The van der Waals surface area contributed by atoms with E-state index in [0.29, 0.717) is 0 Å². The second-order valence-electron chi connectivity index (χ2n) is 5.24. The fourth-order valence-electron chi connectivity index (χ4n) is 2.24. The van der Waals surface area contributed by atoms with E-state index >= 15 is 0 Å². The molecule has 2 atom stereocenters. The summed E-state index contributed by atoms with van der Waals surface area (Å²) in [5.41, 5.74) is 1.16. The van der Waals surface area contributed by atoms with Crippen molar-refractivity contribution in [3.63, 3.8) is 0 Å². The van der Waals surface area contributed by atoms with Gasteiger partial charge in [-0.2, -0.15) is 0 Å². The first-order valence-electron chi connectivity index (χ1n) is 6.77. The Labute approximate surface area is 125 Å². The summed E-state index contributed by atoms with van der Waals surface area (Å²) in [6.45, 7) is 3.63. The first kappa shape index (κ1) is 15.2. The maximum absolute atomic E-state index is 12.3. The van der Waals surface area contributed by atoms with Crippen molar-refractivity contribution in [1.82, 2.24) is 9.80 Å². The van der Waals surface area contributed by atoms with Crippen molar-refractivity contribution >= 4 is 17.7 Å². The molecule has 0 radical (unpaired) electrons. The summed E-state index contributed by atoms with van der Waals surface area (Å²) in [5.74, 6) is 1.08. The van der Waals surface area contributed by atoms with Crippen LogP contribution in [0.25, 0.3) is 0 Å². The third-order valence-electron chi connectivity index (χ3n) is 3.44. The van der Waals surface area contributed by atoms with Crippen LogP contribution in [0.1, 0.15) is 17.9 Å². The molecule has 0 saturated carbocycles. The highest BCUT2D eigenvalue weighted by Crippen LogP contribution is 2.42. The Hall–Kier alpha value is -1.20. The topological polar surface area (TPSA) is 32.8 Å². The summed E-state index contributed by atoms with van der Waals surface area (Å²) in [5, 5.41) is 0.146. The second kappa shape index (κ2) is 6.50. The molecule has 4 nitrogen and oxygen atoms in total. The predicted molar refractivity (Wildman–Crippen MR) is 83.1 cm³/mol. The van der Waals surface area contributed by atoms with Crippen LogP contribution in [0.4, 0.5) is 0 Å². The van der Waals surface area contributed by atoms with Gasteiger partial charge in [0.1, 0.15) is 11.1 Å². The zero-order valence-corrected chi connectivity index (χ0v) is 13.3. The summed E-state index contributed by atoms with van der Waals surface area (Å²) in [6.07, 6.45) is 0. The lowest BCUT2D eigenvalue weighted by atomic mass is 10.2. The van der Waals surface area contributed by atoms with Gasteiger partial charge in [0.05, 0.1) is 12.4 Å². The van der Waals surface area contributed by atoms with E-state index in [1.54, 1.807) is 18.9 Å². The molecule has 0 N–H and O–H groups in total. The van der Waals surface area contributed by atoms with Gasteiger partial charge in [0.2, 0.25) is 5.91 Å². The lowest BCUT2D eigenvalue weighted by molar-refractivity contribution is -0.129. The highest BCUT2D eigenvalue weighted by molar-refractivity contribution is 8.01. The SMILES string of the molecule is COc1ccc([C@H]2S[C@@H](C)C(=O)N2CCN(C)C)cc1. The van der Waals surface area contributed by atoms with Crippen LogP contribution in [0, 0.1) is 0 Å². The van der Waals surface area contributed by atoms with Gasteiger partial charge in [-0.3, -0.25) is 4.79 Å². The van der Waals surface area contributed by atoms with E-state index in [1.807, 2.05) is 50.2 Å². The number of hydrogen-bond donors (Lipinski definition) is 0. The van der Waals surface area contributed by atoms with Gasteiger partial charge < -0.3 is 14.5 Å². The zero-order chi connectivity index (χ0) is 14.7. The Bertz CT molecular complexity index is 461. The van der Waals surface area contributed by atoms with Crippen molar-refractivity contribution in [2.45, 2.75) is 17.5 Å². The molecule has 1 aliphatic rings. The van der Waals surface area contributed by atoms with Crippen LogP contribution in [0.5, 0.6) is 5.75 Å². The molecule has 20 heavy (non-hydrogen) atoms. The third-order valence-corrected chi connectivity index (χ3v) is 4.83. The number of likely N-dealkylation sites (N-methyl/N-ethyl adjacent to an activating group) is 1. The second-order valence-corrected chi connectivity index (χ2v) is 6.66. The number of benzene rings is 1. The van der Waals surface area contributed by atoms with Gasteiger partial charge in [-0.1, -0.05) is 12.1 Å². The monoisotopic (exact) mass is 294 g/mol. The van der Waals surface area contributed by atoms with Gasteiger partial charge in [-0.15, -0.1) is 11.8 Å². The fourth-order valence-corrected chi connectivity index (χ4v) is 3.55. The summed E-state index contributed by atoms with van der Waals surface area (Å²) in [7, 11) is 5.72. The van der Waals surface area contributed by atoms with Crippen molar-refractivity contribution in [3.8, 4) is 5.75 Å². The normalized spacial score (nSPS) is 22.6. The molecule has 1 aliphatic heterocycles. The minimum Gasteiger partial charge on any atom is -0.497 e. The number of thioether (sulfide) groups is 1. The third kappa shape index (κ3) is 3.27. The highest BCUT2D eigenvalue weighted by Gasteiger charge is 2.38. The maximum atomic E-state index is 12.3. The summed E-state index contributed by atoms with van der Waals surface area (Å²) < 4.78 is 5.19. The van der Waals surface area contributed by atoms with Crippen molar-refractivity contribution in [3.05, 3.63) is 29.8 Å². The standard InChI is InChI=1S/C15H22N2O2S/c1-11-14(18)17(10-9-16(2)3)15(20-11)12-5-7-13(19-4)8-6-12/h5-8,11,15H,9-10H2,1-4H3/t11-,15+/m0/s1. The first-order valence-corrected chi connectivity index (χ1v) is 7.72. The number of methoxy groups -OCH3 is 1. The average molecular weight is 294 g/mol. The summed E-state index contributed by atoms with van der Waals surface area (Å²) in [6, 6.07) is 8.00. The largest absolute Gasteiger partial charge is 0.497 e. The molecule has 0 spiro atoms. The Kier molecular flexibility index (Phi) is 4.94. The molecule has 1 amide bonds. The quantitative estimate of drug-likeness (QED) is 0.833. The molecule has 1 fully saturated rings. The van der Waals surface area contributed by atoms with Gasteiger partial charge in [0.25, 0.3) is 0 Å². The Morgan fingerprint density at radius 1 is 1.30 bits per heavy atom. The molecule has 0 aromatic heterocycles. The molecule has 0 bridgehead atoms. The smallest absolute Gasteiger partial charge is 0.236 e. The Morgan fingerprint density at radius 3 is 2.50 bits per heavy atom. The van der Waals surface area contributed by atoms with E-state index in [0.717, 1.165) is 24.4 Å². The molecule has 0 aliphatic carbocycles. The van der Waals surface area contributed by atoms with Crippen LogP contribution >= 0.6 is 11.8 Å². The van der Waals surface area contributed by atoms with Crippen LogP contribution in [0.2, 0.25) is 0 Å². The van der Waals surface area contributed by atoms with Crippen molar-refractivity contribution in [2.75, 3.05) is 34.3 Å². The Balaban J connectivity index is 2.16. The molecule has 5 heteroatoms. The maximum Gasteiger partial charge on any atom is 0.236 e. The number of rotatable bonds is 5. The fraction of sp³-hybridized carbons (Fsp3) is 0.533. The predicted octanol–water partition coefficient (Wildman–Crippen LogP) is 2.22. The minimum absolute atomic E-state index is 0.0317. The van der Waals surface area contributed by atoms with Crippen LogP contribution in [0.15, 0.2) is 24.3 Å². The molecule has 1 aromatic carbocycles. The Morgan fingerprint density at radius 2 is 1.95 bits per heavy atom. The molecule has 110 valence electrons. The van der Waals surface area contributed by atoms with E-state index in [1.165, 1.54) is 0 Å². The van der Waals surface area contributed by atoms with Gasteiger partial charge in [-0.05, 0) is 38.7 Å². The van der Waals surface area contributed by atoms with Crippen molar-refractivity contribution < 1.29 is 9.53 Å². The van der Waals surface area contributed by atoms with Gasteiger partial charge in [0, 0.05) is 13.1 Å². The van der Waals surface area contributed by atoms with Crippen LogP contribution in [0.3, 0.4) is 0 Å². The number of hydrogen-bond acceptors (Lipinski definition) is 4. The van der Waals surface area contributed by atoms with Gasteiger partial charge in [-0.25, -0.2) is 0 Å². The molecule has 1 heterocycles. The molecule has 1 aromatic rings. The van der Waals surface area contributed by atoms with Gasteiger partial charge in [0.15, 0.2) is 0 Å². The van der Waals surface area contributed by atoms with Crippen molar-refractivity contribution in [2.24, 2.45) is 0 Å². The molecular formula is C15H22N2O2S. The number of amides is 1. The molecular weight excluding hydrogens is 272 g/mol. The van der Waals surface area contributed by atoms with E-state index in [-0.39, 0.29) is 16.5 Å². The molecule has 0 unspecified atom stereocenters. The van der Waals surface area contributed by atoms with E-state index in [4.69, 9.17) is 4.74 Å². The van der Waals surface area contributed by atoms with E-state index in [2.05, 4.69) is 4.90 Å². The number of carbonyl (C=O) groups is 1. The lowest BCUT2D eigenvalue weighted by Gasteiger charge is -2.25. The summed E-state index contributed by atoms with van der Waals surface area (Å²) >= 11 is 1.72. The van der Waals surface area contributed by atoms with Crippen LogP contribution in [-0.2, 0) is 4.79 Å². The van der Waals surface area contributed by atoms with E-state index < -0.39 is 0 Å². The van der Waals surface area contributed by atoms with Crippen LogP contribution in [-0.4, -0.2) is 55.3 Å². The number of ether oxygens (including phenoxy) is 1. The number of nitrogens with zero attached hydrogens (tertiary/aromatic N) is 2. The summed E-state index contributed by atoms with van der Waals surface area (Å²) in [4.78, 5) is 16.4. The first-order chi connectivity index (χ1) is 9.52. The van der Waals surface area contributed by atoms with E-state index in [9.17, 15) is 4.79 Å². The lowest BCUT2D eigenvalue weighted by Crippen LogP contribution is -2.36. The van der Waals surface area contributed by atoms with Gasteiger partial charge >= 0.3 is 0 Å². The zero-order valence-electron chi connectivity index (χ0n) is 12.5. The molecule has 1 saturated heterocycles. The van der Waals surface area contributed by atoms with Crippen LogP contribution < -0.4 is 4.74 Å². The molecule has 2 rings (SSSR count). The van der Waals surface area contributed by atoms with Crippen molar-refractivity contribution in [1.29, 1.82) is 0 Å². The average Bonchev–Trinajstić information content (AvgIpc) is 2.72. The number of carbonyl (C=O) groups excluding carboxylic acids is 1. The highest BCUT2D eigenvalue weighted by atomic mass is 32.2. The minimum atomic E-state index is 0.0317.